The fourth-order valence-corrected chi connectivity index (χ4v) is 9.15. The normalized spacial score (nSPS) is 46.0. The molecule has 2 saturated heterocycles. The Kier molecular flexibility index (Phi) is 2.46. The van der Waals surface area contributed by atoms with Gasteiger partial charge in [0, 0.05) is 17.2 Å². The summed E-state index contributed by atoms with van der Waals surface area (Å²) in [6.07, 6.45) is 0.860. The number of thioether (sulfide) groups is 1. The van der Waals surface area contributed by atoms with Crippen LogP contribution in [0.25, 0.3) is 0 Å². The molecular formula is C12H16O4S2. The smallest absolute Gasteiger partial charge is 0.330 e. The first-order valence-electron chi connectivity index (χ1n) is 5.99. The number of hydrogen-bond donors (Lipinski definition) is 0. The highest BCUT2D eigenvalue weighted by molar-refractivity contribution is 8.14. The standard InChI is InChI=1S/C12H16O4S2/c1-4-7(13)16-9-6-5-18(14,15)11-8(6)12(2,3)10(9)17-11/h4,6,8-11H,1,5H2,2-3H3. The molecule has 5 atom stereocenters. The Bertz CT molecular complexity index is 522. The Balaban J connectivity index is 1.98. The van der Waals surface area contributed by atoms with Crippen molar-refractivity contribution in [3.63, 3.8) is 0 Å². The highest BCUT2D eigenvalue weighted by Crippen LogP contribution is 2.68. The van der Waals surface area contributed by atoms with Crippen LogP contribution in [0.15, 0.2) is 12.7 Å². The van der Waals surface area contributed by atoms with Gasteiger partial charge in [-0.1, -0.05) is 20.4 Å². The maximum absolute atomic E-state index is 12.1. The monoisotopic (exact) mass is 288 g/mol. The van der Waals surface area contributed by atoms with Gasteiger partial charge in [0.2, 0.25) is 0 Å². The lowest BCUT2D eigenvalue weighted by Gasteiger charge is -2.26. The molecule has 3 aliphatic rings. The highest BCUT2D eigenvalue weighted by Gasteiger charge is 2.72. The van der Waals surface area contributed by atoms with Gasteiger partial charge >= 0.3 is 5.97 Å². The van der Waals surface area contributed by atoms with Crippen molar-refractivity contribution in [3.8, 4) is 0 Å². The maximum atomic E-state index is 12.1. The number of carbonyl (C=O) groups excluding carboxylic acids is 1. The molecule has 3 fully saturated rings. The van der Waals surface area contributed by atoms with Crippen molar-refractivity contribution in [2.45, 2.75) is 29.8 Å². The minimum atomic E-state index is -3.03. The van der Waals surface area contributed by atoms with Crippen LogP contribution in [0.2, 0.25) is 0 Å². The van der Waals surface area contributed by atoms with Crippen LogP contribution >= 0.6 is 11.8 Å². The highest BCUT2D eigenvalue weighted by atomic mass is 32.3. The van der Waals surface area contributed by atoms with Crippen molar-refractivity contribution in [1.82, 2.24) is 0 Å². The fraction of sp³-hybridized carbons (Fsp3) is 0.750. The molecule has 5 unspecified atom stereocenters. The molecule has 18 heavy (non-hydrogen) atoms. The molecular weight excluding hydrogens is 272 g/mol. The minimum Gasteiger partial charge on any atom is -0.458 e. The first kappa shape index (κ1) is 12.5. The first-order valence-corrected chi connectivity index (χ1v) is 8.65. The zero-order chi connectivity index (χ0) is 13.3. The summed E-state index contributed by atoms with van der Waals surface area (Å²) >= 11 is 1.48. The lowest BCUT2D eigenvalue weighted by atomic mass is 9.81. The molecule has 0 amide bonds. The Morgan fingerprint density at radius 2 is 2.17 bits per heavy atom. The van der Waals surface area contributed by atoms with Gasteiger partial charge in [0.15, 0.2) is 9.84 Å². The molecule has 1 saturated carbocycles. The van der Waals surface area contributed by atoms with E-state index in [1.165, 1.54) is 11.8 Å². The van der Waals surface area contributed by atoms with E-state index in [2.05, 4.69) is 20.4 Å². The van der Waals surface area contributed by atoms with Gasteiger partial charge in [-0.25, -0.2) is 13.2 Å². The third kappa shape index (κ3) is 1.39. The summed E-state index contributed by atoms with van der Waals surface area (Å²) in [6.45, 7) is 7.57. The SMILES string of the molecule is C=CC(=O)OC1C2CS(=O)(=O)C3SC1C(C)(C)C23. The van der Waals surface area contributed by atoms with E-state index in [1.807, 2.05) is 0 Å². The number of hydrogen-bond acceptors (Lipinski definition) is 5. The molecule has 6 heteroatoms. The minimum absolute atomic E-state index is 0.0369. The van der Waals surface area contributed by atoms with Gasteiger partial charge in [-0.3, -0.25) is 0 Å². The summed E-state index contributed by atoms with van der Waals surface area (Å²) < 4.78 is 29.3. The second-order valence-electron chi connectivity index (χ2n) is 5.87. The van der Waals surface area contributed by atoms with E-state index >= 15 is 0 Å². The van der Waals surface area contributed by atoms with Crippen molar-refractivity contribution in [2.24, 2.45) is 17.3 Å². The molecule has 0 spiro atoms. The Morgan fingerprint density at radius 3 is 2.78 bits per heavy atom. The summed E-state index contributed by atoms with van der Waals surface area (Å²) in [7, 11) is -3.03. The zero-order valence-corrected chi connectivity index (χ0v) is 12.0. The summed E-state index contributed by atoms with van der Waals surface area (Å²) in [5, 5.41) is 0.0821. The Hall–Kier alpha value is -0.490. The number of rotatable bonds is 2. The number of esters is 1. The van der Waals surface area contributed by atoms with Gasteiger partial charge < -0.3 is 4.74 Å². The largest absolute Gasteiger partial charge is 0.458 e. The molecule has 0 aromatic carbocycles. The molecule has 1 aliphatic carbocycles. The molecule has 0 radical (unpaired) electrons. The van der Waals surface area contributed by atoms with Gasteiger partial charge in [0.25, 0.3) is 0 Å². The number of ether oxygens (including phenoxy) is 1. The Labute approximate surface area is 111 Å². The van der Waals surface area contributed by atoms with E-state index in [9.17, 15) is 13.2 Å². The van der Waals surface area contributed by atoms with Crippen molar-refractivity contribution in [2.75, 3.05) is 5.75 Å². The number of carbonyl (C=O) groups is 1. The van der Waals surface area contributed by atoms with E-state index in [4.69, 9.17) is 4.74 Å². The number of fused-ring (bicyclic) bond motifs is 1. The molecule has 2 aliphatic heterocycles. The number of sulfone groups is 1. The summed E-state index contributed by atoms with van der Waals surface area (Å²) in [4.78, 5) is 11.4. The van der Waals surface area contributed by atoms with Crippen LogP contribution in [-0.4, -0.2) is 36.1 Å². The van der Waals surface area contributed by atoms with E-state index in [0.717, 1.165) is 6.08 Å². The quantitative estimate of drug-likeness (QED) is 0.565. The van der Waals surface area contributed by atoms with Gasteiger partial charge in [-0.05, 0) is 11.3 Å². The molecule has 2 heterocycles. The lowest BCUT2D eigenvalue weighted by Crippen LogP contribution is -2.34. The lowest BCUT2D eigenvalue weighted by molar-refractivity contribution is -0.144. The van der Waals surface area contributed by atoms with E-state index < -0.39 is 15.8 Å². The van der Waals surface area contributed by atoms with Gasteiger partial charge in [0.1, 0.15) is 10.7 Å². The molecule has 0 aromatic heterocycles. The third-order valence-electron chi connectivity index (χ3n) is 4.55. The predicted molar refractivity (Wildman–Crippen MR) is 69.8 cm³/mol. The molecule has 2 bridgehead atoms. The van der Waals surface area contributed by atoms with Crippen LogP contribution in [0.5, 0.6) is 0 Å². The van der Waals surface area contributed by atoms with Crippen molar-refractivity contribution in [3.05, 3.63) is 12.7 Å². The third-order valence-corrected chi connectivity index (χ3v) is 9.34. The van der Waals surface area contributed by atoms with E-state index in [0.29, 0.717) is 0 Å². The van der Waals surface area contributed by atoms with Crippen LogP contribution in [0.1, 0.15) is 13.8 Å². The zero-order valence-electron chi connectivity index (χ0n) is 10.3. The second-order valence-corrected chi connectivity index (χ2v) is 9.62. The van der Waals surface area contributed by atoms with Crippen LogP contribution in [-0.2, 0) is 19.4 Å². The van der Waals surface area contributed by atoms with Crippen molar-refractivity contribution < 1.29 is 17.9 Å². The topological polar surface area (TPSA) is 60.4 Å². The summed E-state index contributed by atoms with van der Waals surface area (Å²) in [6, 6.07) is 0. The average Bonchev–Trinajstić information content (AvgIpc) is 2.73. The fourth-order valence-electron chi connectivity index (χ4n) is 3.83. The van der Waals surface area contributed by atoms with Gasteiger partial charge in [-0.2, -0.15) is 0 Å². The average molecular weight is 288 g/mol. The van der Waals surface area contributed by atoms with Crippen molar-refractivity contribution in [1.29, 1.82) is 0 Å². The van der Waals surface area contributed by atoms with E-state index in [1.54, 1.807) is 0 Å². The summed E-state index contributed by atoms with van der Waals surface area (Å²) in [5.74, 6) is -0.222. The van der Waals surface area contributed by atoms with Crippen LogP contribution in [0, 0.1) is 17.3 Å². The molecule has 0 N–H and O–H groups in total. The second kappa shape index (κ2) is 3.54. The van der Waals surface area contributed by atoms with E-state index in [-0.39, 0.29) is 38.9 Å². The summed E-state index contributed by atoms with van der Waals surface area (Å²) in [5.41, 5.74) is -0.0876. The predicted octanol–water partition coefficient (Wildman–Crippen LogP) is 1.23. The van der Waals surface area contributed by atoms with Crippen LogP contribution < -0.4 is 0 Å². The molecule has 4 nitrogen and oxygen atoms in total. The van der Waals surface area contributed by atoms with Crippen LogP contribution in [0.3, 0.4) is 0 Å². The molecule has 0 aromatic rings. The van der Waals surface area contributed by atoms with Crippen LogP contribution in [0.4, 0.5) is 0 Å². The van der Waals surface area contributed by atoms with Gasteiger partial charge in [0.05, 0.1) is 5.75 Å². The molecule has 100 valence electrons. The van der Waals surface area contributed by atoms with Crippen molar-refractivity contribution >= 4 is 27.6 Å². The molecule has 3 rings (SSSR count). The first-order chi connectivity index (χ1) is 8.29. The van der Waals surface area contributed by atoms with Gasteiger partial charge in [-0.15, -0.1) is 11.8 Å². The maximum Gasteiger partial charge on any atom is 0.330 e. The Morgan fingerprint density at radius 1 is 1.50 bits per heavy atom.